The van der Waals surface area contributed by atoms with Crippen LogP contribution in [-0.2, 0) is 27.9 Å². The number of unbranched alkanes of at least 4 members (excludes halogenated alkanes) is 19. The van der Waals surface area contributed by atoms with Crippen molar-refractivity contribution in [1.29, 1.82) is 0 Å². The van der Waals surface area contributed by atoms with Gasteiger partial charge in [0.15, 0.2) is 0 Å². The summed E-state index contributed by atoms with van der Waals surface area (Å²) in [5.74, 6) is -0.660. The second-order valence-corrected chi connectivity index (χ2v) is 21.8. The van der Waals surface area contributed by atoms with E-state index in [2.05, 4.69) is 111 Å². The maximum atomic E-state index is 13.5. The third-order valence-electron chi connectivity index (χ3n) is 12.2. The number of nitrogens with zero attached hydrogens (tertiary/aromatic N) is 1. The molecular weight excluding hydrogens is 928 g/mol. The minimum Gasteiger partial charge on any atom is -0.756 e. The molecule has 0 aliphatic rings. The molecule has 3 unspecified atom stereocenters. The number of rotatable bonds is 51. The van der Waals surface area contributed by atoms with E-state index in [1.165, 1.54) is 77.0 Å². The number of hydrogen-bond acceptors (Lipinski definition) is 7. The first-order valence-electron chi connectivity index (χ1n) is 29.2. The number of ether oxygens (including phenoxy) is 1. The predicted molar refractivity (Wildman–Crippen MR) is 311 cm³/mol. The lowest BCUT2D eigenvalue weighted by molar-refractivity contribution is -0.870. The van der Waals surface area contributed by atoms with Gasteiger partial charge < -0.3 is 28.5 Å². The molecule has 0 radical (unpaired) electrons. The number of allylic oxidation sites excluding steroid dienone is 17. The molecule has 0 fully saturated rings. The summed E-state index contributed by atoms with van der Waals surface area (Å²) in [6.45, 7) is 6.61. The number of hydrogen-bond donors (Lipinski definition) is 1. The molecule has 0 aromatic rings. The highest BCUT2D eigenvalue weighted by Gasteiger charge is 2.27. The Morgan fingerprint density at radius 2 is 0.890 bits per heavy atom. The molecule has 418 valence electrons. The molecule has 0 aliphatic heterocycles. The maximum Gasteiger partial charge on any atom is 0.306 e. The highest BCUT2D eigenvalue weighted by molar-refractivity contribution is 7.45. The number of nitrogens with one attached hydrogen (secondary N) is 1. The Hall–Kier alpha value is -3.33. The Morgan fingerprint density at radius 1 is 0.493 bits per heavy atom. The SMILES string of the molecule is CC/C=C/C/C=C/C/C=C/C/C=C/C/C=C/CCC(=O)NC(COP(=O)([O-])OCC[N+](C)(C)C)C(/C=C/CCCCCCCCCCCC)OC(=O)CCCCCCCC/C=C\C/C=C\C/C=C\CCCCC. The standard InChI is InChI=1S/C63H109N2O7P/c1-7-10-13-16-19-22-25-28-30-32-33-34-36-38-41-44-47-50-53-56-63(67)72-61(54-51-48-45-42-39-27-24-21-18-15-12-9-3)60(59-71-73(68,69)70-58-57-65(4,5)6)64-62(66)55-52-49-46-43-40-37-35-31-29-26-23-20-17-14-11-8-2/h11,14,19-20,22-23,28-31,33-34,37,40,46,49,51,54,60-61H,7-10,12-13,15-18,21,24-27,32,35-36,38-39,41-45,47-48,50,52-53,55-59H2,1-6H3,(H-,64,66,68,69)/b14-11+,22-19-,23-20+,30-28-,31-29+,34-33-,40-37+,49-46+,54-51+. The number of phosphoric acid groups is 1. The fourth-order valence-electron chi connectivity index (χ4n) is 7.69. The molecule has 0 bridgehead atoms. The minimum absolute atomic E-state index is 0.0433. The molecule has 0 aromatic heterocycles. The maximum absolute atomic E-state index is 13.5. The molecule has 1 N–H and O–H groups in total. The second kappa shape index (κ2) is 52.1. The predicted octanol–water partition coefficient (Wildman–Crippen LogP) is 17.1. The summed E-state index contributed by atoms with van der Waals surface area (Å²) < 4.78 is 30.2. The van der Waals surface area contributed by atoms with Crippen LogP contribution in [-0.4, -0.2) is 69.4 Å². The van der Waals surface area contributed by atoms with E-state index in [0.717, 1.165) is 103 Å². The number of likely N-dealkylation sites (N-methyl/N-ethyl adjacent to an activating group) is 1. The van der Waals surface area contributed by atoms with Crippen LogP contribution in [0.4, 0.5) is 0 Å². The topological polar surface area (TPSA) is 114 Å². The van der Waals surface area contributed by atoms with Gasteiger partial charge in [-0.25, -0.2) is 0 Å². The van der Waals surface area contributed by atoms with Gasteiger partial charge in [-0.05, 0) is 102 Å². The first-order valence-corrected chi connectivity index (χ1v) is 30.7. The van der Waals surface area contributed by atoms with E-state index in [9.17, 15) is 19.0 Å². The van der Waals surface area contributed by atoms with E-state index in [1.807, 2.05) is 39.4 Å². The Labute approximate surface area is 449 Å². The van der Waals surface area contributed by atoms with Gasteiger partial charge in [-0.15, -0.1) is 0 Å². The summed E-state index contributed by atoms with van der Waals surface area (Å²) in [7, 11) is 1.12. The summed E-state index contributed by atoms with van der Waals surface area (Å²) >= 11 is 0. The molecule has 0 heterocycles. The van der Waals surface area contributed by atoms with Gasteiger partial charge in [0.1, 0.15) is 19.3 Å². The van der Waals surface area contributed by atoms with E-state index in [4.69, 9.17) is 13.8 Å². The number of amides is 1. The Kier molecular flexibility index (Phi) is 49.7. The van der Waals surface area contributed by atoms with Gasteiger partial charge in [0, 0.05) is 12.8 Å². The van der Waals surface area contributed by atoms with Crippen LogP contribution < -0.4 is 10.2 Å². The third kappa shape index (κ3) is 53.3. The Bertz CT molecular complexity index is 1620. The molecule has 0 saturated heterocycles. The third-order valence-corrected chi connectivity index (χ3v) is 13.2. The summed E-state index contributed by atoms with van der Waals surface area (Å²) in [5.41, 5.74) is 0. The van der Waals surface area contributed by atoms with Crippen molar-refractivity contribution in [1.82, 2.24) is 5.32 Å². The lowest BCUT2D eigenvalue weighted by Gasteiger charge is -2.30. The van der Waals surface area contributed by atoms with Gasteiger partial charge in [0.25, 0.3) is 7.82 Å². The average Bonchev–Trinajstić information content (AvgIpc) is 3.35. The van der Waals surface area contributed by atoms with Crippen LogP contribution in [0, 0.1) is 0 Å². The normalized spacial score (nSPS) is 14.6. The Morgan fingerprint density at radius 3 is 1.37 bits per heavy atom. The minimum atomic E-state index is -4.72. The molecule has 9 nitrogen and oxygen atoms in total. The fraction of sp³-hybridized carbons (Fsp3) is 0.683. The molecule has 0 saturated carbocycles. The van der Waals surface area contributed by atoms with E-state index >= 15 is 0 Å². The molecule has 10 heteroatoms. The lowest BCUT2D eigenvalue weighted by Crippen LogP contribution is -2.47. The van der Waals surface area contributed by atoms with E-state index < -0.39 is 26.6 Å². The first kappa shape index (κ1) is 69.7. The molecule has 1 amide bonds. The first-order chi connectivity index (χ1) is 35.4. The Balaban J connectivity index is 5.46. The zero-order valence-electron chi connectivity index (χ0n) is 47.5. The average molecular weight is 1040 g/mol. The molecule has 0 spiro atoms. The van der Waals surface area contributed by atoms with Crippen LogP contribution in [0.1, 0.15) is 226 Å². The van der Waals surface area contributed by atoms with Crippen molar-refractivity contribution in [2.75, 3.05) is 40.9 Å². The quantitative estimate of drug-likeness (QED) is 0.0212. The highest BCUT2D eigenvalue weighted by atomic mass is 31.2. The molecule has 0 aromatic carbocycles. The van der Waals surface area contributed by atoms with Gasteiger partial charge in [0.05, 0.1) is 33.8 Å². The van der Waals surface area contributed by atoms with Crippen LogP contribution in [0.25, 0.3) is 0 Å². The number of phosphoric ester groups is 1. The molecule has 73 heavy (non-hydrogen) atoms. The van der Waals surface area contributed by atoms with E-state index in [1.54, 1.807) is 6.08 Å². The van der Waals surface area contributed by atoms with Gasteiger partial charge in [-0.3, -0.25) is 14.2 Å². The van der Waals surface area contributed by atoms with Gasteiger partial charge >= 0.3 is 5.97 Å². The summed E-state index contributed by atoms with van der Waals surface area (Å²) in [6.07, 6.45) is 70.7. The van der Waals surface area contributed by atoms with Crippen LogP contribution >= 0.6 is 7.82 Å². The van der Waals surface area contributed by atoms with Crippen LogP contribution in [0.5, 0.6) is 0 Å². The largest absolute Gasteiger partial charge is 0.756 e. The zero-order chi connectivity index (χ0) is 53.6. The van der Waals surface area contributed by atoms with Gasteiger partial charge in [-0.1, -0.05) is 220 Å². The lowest BCUT2D eigenvalue weighted by atomic mass is 10.1. The molecule has 0 rings (SSSR count). The smallest absolute Gasteiger partial charge is 0.306 e. The molecule has 3 atom stereocenters. The van der Waals surface area contributed by atoms with Crippen LogP contribution in [0.15, 0.2) is 109 Å². The van der Waals surface area contributed by atoms with E-state index in [0.29, 0.717) is 23.9 Å². The second-order valence-electron chi connectivity index (χ2n) is 20.4. The summed E-state index contributed by atoms with van der Waals surface area (Å²) in [4.78, 5) is 39.8. The number of esters is 1. The molecule has 0 aliphatic carbocycles. The number of carbonyl (C=O) groups is 2. The van der Waals surface area contributed by atoms with Crippen molar-refractivity contribution in [3.05, 3.63) is 109 Å². The monoisotopic (exact) mass is 1040 g/mol. The van der Waals surface area contributed by atoms with Crippen molar-refractivity contribution in [3.8, 4) is 0 Å². The van der Waals surface area contributed by atoms with Crippen molar-refractivity contribution >= 4 is 19.7 Å². The van der Waals surface area contributed by atoms with Crippen LogP contribution in [0.3, 0.4) is 0 Å². The van der Waals surface area contributed by atoms with Crippen molar-refractivity contribution < 1.29 is 37.3 Å². The van der Waals surface area contributed by atoms with Crippen LogP contribution in [0.2, 0.25) is 0 Å². The number of quaternary nitrogens is 1. The highest BCUT2D eigenvalue weighted by Crippen LogP contribution is 2.38. The van der Waals surface area contributed by atoms with Crippen molar-refractivity contribution in [2.45, 2.75) is 238 Å². The zero-order valence-corrected chi connectivity index (χ0v) is 48.4. The fourth-order valence-corrected chi connectivity index (χ4v) is 8.41. The van der Waals surface area contributed by atoms with Crippen molar-refractivity contribution in [2.24, 2.45) is 0 Å². The van der Waals surface area contributed by atoms with Gasteiger partial charge in [-0.2, -0.15) is 0 Å². The summed E-state index contributed by atoms with van der Waals surface area (Å²) in [6, 6.07) is -0.939. The van der Waals surface area contributed by atoms with Gasteiger partial charge in [0.2, 0.25) is 5.91 Å². The molecular formula is C63H109N2O7P. The summed E-state index contributed by atoms with van der Waals surface area (Å²) in [5, 5.41) is 2.96. The van der Waals surface area contributed by atoms with E-state index in [-0.39, 0.29) is 31.3 Å². The number of carbonyl (C=O) groups excluding carboxylic acids is 2. The van der Waals surface area contributed by atoms with Crippen molar-refractivity contribution in [3.63, 3.8) is 0 Å².